The molecule has 0 fully saturated rings. The summed E-state index contributed by atoms with van der Waals surface area (Å²) in [7, 11) is 1.78. The Kier molecular flexibility index (Phi) is 8.20. The molecule has 0 saturated heterocycles. The number of carbonyl (C=O) groups is 1. The molecule has 4 aromatic rings. The van der Waals surface area contributed by atoms with Gasteiger partial charge >= 0.3 is 0 Å². The summed E-state index contributed by atoms with van der Waals surface area (Å²) in [6.07, 6.45) is 1.28. The number of allylic oxidation sites excluding steroid dienone is 1. The van der Waals surface area contributed by atoms with Crippen LogP contribution in [0.1, 0.15) is 24.5 Å². The predicted molar refractivity (Wildman–Crippen MR) is 146 cm³/mol. The molecule has 2 aromatic heterocycles. The maximum Gasteiger partial charge on any atom is 0.295 e. The Morgan fingerprint density at radius 2 is 1.89 bits per heavy atom. The van der Waals surface area contributed by atoms with Gasteiger partial charge in [0.05, 0.1) is 22.2 Å². The van der Waals surface area contributed by atoms with Gasteiger partial charge in [0.15, 0.2) is 17.1 Å². The summed E-state index contributed by atoms with van der Waals surface area (Å²) in [5.74, 6) is 0.824. The van der Waals surface area contributed by atoms with Gasteiger partial charge in [-0.25, -0.2) is 4.68 Å². The normalized spacial score (nSPS) is 11.8. The molecule has 0 aliphatic carbocycles. The number of nitrogens with one attached hydrogen (secondary N) is 1. The third kappa shape index (κ3) is 5.65. The maximum atomic E-state index is 13.1. The first-order valence-corrected chi connectivity index (χ1v) is 12.9. The molecule has 1 atom stereocenters. The van der Waals surface area contributed by atoms with Gasteiger partial charge in [0.25, 0.3) is 5.56 Å². The number of aromatic nitrogens is 5. The van der Waals surface area contributed by atoms with E-state index in [1.54, 1.807) is 36.9 Å². The number of benzene rings is 2. The molecule has 192 valence electrons. The van der Waals surface area contributed by atoms with Gasteiger partial charge in [-0.3, -0.25) is 18.8 Å². The maximum absolute atomic E-state index is 13.1. The molecule has 37 heavy (non-hydrogen) atoms. The van der Waals surface area contributed by atoms with E-state index in [9.17, 15) is 9.59 Å². The Labute approximate surface area is 223 Å². The first-order chi connectivity index (χ1) is 17.8. The summed E-state index contributed by atoms with van der Waals surface area (Å²) in [6.45, 7) is 7.89. The van der Waals surface area contributed by atoms with Crippen molar-refractivity contribution in [3.8, 4) is 11.4 Å². The lowest BCUT2D eigenvalue weighted by atomic mass is 10.3. The molecule has 0 bridgehead atoms. The lowest BCUT2D eigenvalue weighted by Gasteiger charge is -2.16. The molecular formula is C26H27ClN6O3S. The van der Waals surface area contributed by atoms with Gasteiger partial charge in [-0.2, -0.15) is 0 Å². The zero-order chi connectivity index (χ0) is 26.5. The largest absolute Gasteiger partial charge is 0.481 e. The van der Waals surface area contributed by atoms with E-state index in [1.807, 2.05) is 54.0 Å². The van der Waals surface area contributed by atoms with Gasteiger partial charge in [-0.05, 0) is 38.1 Å². The number of nitrogens with zero attached hydrogens (tertiary/aromatic N) is 5. The van der Waals surface area contributed by atoms with Crippen molar-refractivity contribution in [1.82, 2.24) is 24.1 Å². The van der Waals surface area contributed by atoms with Gasteiger partial charge < -0.3 is 10.1 Å². The van der Waals surface area contributed by atoms with E-state index in [1.165, 1.54) is 16.4 Å². The SMILES string of the molecule is C=CCn1c(SCC(=O)Nc2c(C)n(C)n(-c3ccccc3)c2=O)nnc1C(C)Oc1ccccc1Cl. The summed E-state index contributed by atoms with van der Waals surface area (Å²) in [4.78, 5) is 25.9. The van der Waals surface area contributed by atoms with E-state index < -0.39 is 6.10 Å². The standard InChI is InChI=1S/C26H27ClN6O3S/c1-5-15-32-24(18(3)36-21-14-10-9-13-20(21)27)29-30-26(32)37-16-22(34)28-23-17(2)31(4)33(25(23)35)19-11-7-6-8-12-19/h5-14,18H,1,15-16H2,2-4H3,(H,28,34). The molecule has 0 aliphatic heterocycles. The highest BCUT2D eigenvalue weighted by Gasteiger charge is 2.22. The summed E-state index contributed by atoms with van der Waals surface area (Å²) >= 11 is 7.44. The van der Waals surface area contributed by atoms with Crippen molar-refractivity contribution in [3.63, 3.8) is 0 Å². The molecule has 0 radical (unpaired) electrons. The van der Waals surface area contributed by atoms with E-state index >= 15 is 0 Å². The Hall–Kier alpha value is -3.76. The minimum absolute atomic E-state index is 0.0359. The first-order valence-electron chi connectivity index (χ1n) is 11.5. The van der Waals surface area contributed by atoms with Crippen molar-refractivity contribution >= 4 is 35.0 Å². The van der Waals surface area contributed by atoms with Crippen molar-refractivity contribution < 1.29 is 9.53 Å². The zero-order valence-corrected chi connectivity index (χ0v) is 22.3. The number of amides is 1. The number of carbonyl (C=O) groups excluding carboxylic acids is 1. The lowest BCUT2D eigenvalue weighted by molar-refractivity contribution is -0.113. The number of hydrogen-bond acceptors (Lipinski definition) is 6. The van der Waals surface area contributed by atoms with Crippen LogP contribution in [0.5, 0.6) is 5.75 Å². The number of hydrogen-bond donors (Lipinski definition) is 1. The molecule has 9 nitrogen and oxygen atoms in total. The first kappa shape index (κ1) is 26.3. The fourth-order valence-corrected chi connectivity index (χ4v) is 4.74. The van der Waals surface area contributed by atoms with E-state index in [0.29, 0.717) is 39.7 Å². The summed E-state index contributed by atoms with van der Waals surface area (Å²) in [5, 5.41) is 12.3. The number of halogens is 1. The number of anilines is 1. The van der Waals surface area contributed by atoms with Crippen LogP contribution < -0.4 is 15.6 Å². The highest BCUT2D eigenvalue weighted by molar-refractivity contribution is 7.99. The number of ether oxygens (including phenoxy) is 1. The van der Waals surface area contributed by atoms with E-state index in [0.717, 1.165) is 0 Å². The van der Waals surface area contributed by atoms with Gasteiger partial charge in [0, 0.05) is 13.6 Å². The Morgan fingerprint density at radius 3 is 2.59 bits per heavy atom. The number of thioether (sulfide) groups is 1. The molecule has 0 aliphatic rings. The second kappa shape index (κ2) is 11.5. The topological polar surface area (TPSA) is 96.0 Å². The van der Waals surface area contributed by atoms with Crippen molar-refractivity contribution in [2.75, 3.05) is 11.1 Å². The van der Waals surface area contributed by atoms with Gasteiger partial charge in [-0.1, -0.05) is 59.8 Å². The molecule has 0 saturated carbocycles. The molecule has 11 heteroatoms. The smallest absolute Gasteiger partial charge is 0.295 e. The second-order valence-electron chi connectivity index (χ2n) is 8.20. The molecule has 4 rings (SSSR count). The summed E-state index contributed by atoms with van der Waals surface area (Å²) in [6, 6.07) is 16.5. The highest BCUT2D eigenvalue weighted by atomic mass is 35.5. The fraction of sp³-hybridized carbons (Fsp3) is 0.231. The molecule has 2 heterocycles. The third-order valence-electron chi connectivity index (χ3n) is 5.71. The second-order valence-corrected chi connectivity index (χ2v) is 9.55. The van der Waals surface area contributed by atoms with Crippen LogP contribution in [-0.2, 0) is 18.4 Å². The van der Waals surface area contributed by atoms with Crippen LogP contribution in [0, 0.1) is 6.92 Å². The summed E-state index contributed by atoms with van der Waals surface area (Å²) in [5.41, 5.74) is 1.31. The molecular weight excluding hydrogens is 512 g/mol. The Morgan fingerprint density at radius 1 is 1.19 bits per heavy atom. The van der Waals surface area contributed by atoms with Crippen LogP contribution in [0.25, 0.3) is 5.69 Å². The molecule has 1 unspecified atom stereocenters. The van der Waals surface area contributed by atoms with Crippen molar-refractivity contribution in [2.24, 2.45) is 7.05 Å². The van der Waals surface area contributed by atoms with Crippen LogP contribution in [0.4, 0.5) is 5.69 Å². The van der Waals surface area contributed by atoms with Gasteiger partial charge in [0.2, 0.25) is 5.91 Å². The minimum Gasteiger partial charge on any atom is -0.481 e. The van der Waals surface area contributed by atoms with Crippen LogP contribution >= 0.6 is 23.4 Å². The molecule has 1 N–H and O–H groups in total. The van der Waals surface area contributed by atoms with E-state index in [4.69, 9.17) is 16.3 Å². The molecule has 1 amide bonds. The molecule has 0 spiro atoms. The Bertz CT molecular complexity index is 1480. The van der Waals surface area contributed by atoms with Crippen LogP contribution in [0.2, 0.25) is 5.02 Å². The van der Waals surface area contributed by atoms with Crippen LogP contribution in [-0.4, -0.2) is 35.8 Å². The van der Waals surface area contributed by atoms with Crippen molar-refractivity contribution in [3.05, 3.63) is 94.1 Å². The van der Waals surface area contributed by atoms with Crippen LogP contribution in [0.15, 0.2) is 77.2 Å². The Balaban J connectivity index is 1.48. The predicted octanol–water partition coefficient (Wildman–Crippen LogP) is 4.79. The molecule has 2 aromatic carbocycles. The zero-order valence-electron chi connectivity index (χ0n) is 20.7. The highest BCUT2D eigenvalue weighted by Crippen LogP contribution is 2.29. The van der Waals surface area contributed by atoms with Crippen molar-refractivity contribution in [1.29, 1.82) is 0 Å². The average Bonchev–Trinajstić information content (AvgIpc) is 3.38. The van der Waals surface area contributed by atoms with Crippen LogP contribution in [0.3, 0.4) is 0 Å². The lowest BCUT2D eigenvalue weighted by Crippen LogP contribution is -2.23. The van der Waals surface area contributed by atoms with E-state index in [-0.39, 0.29) is 22.9 Å². The van der Waals surface area contributed by atoms with E-state index in [2.05, 4.69) is 22.1 Å². The quantitative estimate of drug-likeness (QED) is 0.230. The monoisotopic (exact) mass is 538 g/mol. The third-order valence-corrected chi connectivity index (χ3v) is 6.99. The number of rotatable bonds is 10. The fourth-order valence-electron chi connectivity index (χ4n) is 3.81. The van der Waals surface area contributed by atoms with Gasteiger partial charge in [-0.15, -0.1) is 16.8 Å². The minimum atomic E-state index is -0.445. The average molecular weight is 539 g/mol. The van der Waals surface area contributed by atoms with Crippen molar-refractivity contribution in [2.45, 2.75) is 31.7 Å². The summed E-state index contributed by atoms with van der Waals surface area (Å²) < 4.78 is 11.1. The number of para-hydroxylation sites is 2. The van der Waals surface area contributed by atoms with Gasteiger partial charge in [0.1, 0.15) is 11.4 Å².